The maximum absolute atomic E-state index is 6.47. The first kappa shape index (κ1) is 22.4. The predicted molar refractivity (Wildman–Crippen MR) is 174 cm³/mol. The van der Waals surface area contributed by atoms with E-state index in [1.165, 1.54) is 65.5 Å². The molecule has 1 aromatic heterocycles. The van der Waals surface area contributed by atoms with Crippen molar-refractivity contribution in [1.29, 1.82) is 0 Å². The van der Waals surface area contributed by atoms with Crippen molar-refractivity contribution in [3.8, 4) is 33.4 Å². The highest BCUT2D eigenvalue weighted by atomic mass is 16.3. The molecule has 8 aromatic carbocycles. The van der Waals surface area contributed by atoms with Crippen LogP contribution in [0, 0.1) is 0 Å². The van der Waals surface area contributed by atoms with Crippen LogP contribution < -0.4 is 0 Å². The van der Waals surface area contributed by atoms with Gasteiger partial charge in [-0.05, 0) is 83.9 Å². The summed E-state index contributed by atoms with van der Waals surface area (Å²) in [7, 11) is 0. The summed E-state index contributed by atoms with van der Waals surface area (Å²) in [6.07, 6.45) is 0. The molecule has 190 valence electrons. The lowest BCUT2D eigenvalue weighted by Gasteiger charge is -2.17. The molecule has 1 nitrogen and oxygen atoms in total. The molecule has 0 atom stereocenters. The largest absolute Gasteiger partial charge is 0.456 e. The highest BCUT2D eigenvalue weighted by molar-refractivity contribution is 6.28. The summed E-state index contributed by atoms with van der Waals surface area (Å²) in [5.74, 6) is 0. The first-order valence-electron chi connectivity index (χ1n) is 14.1. The Kier molecular flexibility index (Phi) is 4.67. The van der Waals surface area contributed by atoms with E-state index < -0.39 is 0 Å². The van der Waals surface area contributed by atoms with Crippen LogP contribution in [0.25, 0.3) is 87.6 Å². The summed E-state index contributed by atoms with van der Waals surface area (Å²) < 4.78 is 6.47. The van der Waals surface area contributed by atoms with Gasteiger partial charge < -0.3 is 4.42 Å². The molecule has 0 bridgehead atoms. The van der Waals surface area contributed by atoms with Gasteiger partial charge in [-0.15, -0.1) is 0 Å². The molecule has 9 rings (SSSR count). The summed E-state index contributed by atoms with van der Waals surface area (Å²) in [5.41, 5.74) is 9.14. The van der Waals surface area contributed by atoms with Crippen LogP contribution in [0.2, 0.25) is 0 Å². The minimum absolute atomic E-state index is 0.916. The van der Waals surface area contributed by atoms with Crippen molar-refractivity contribution in [1.82, 2.24) is 0 Å². The van der Waals surface area contributed by atoms with E-state index in [0.717, 1.165) is 22.1 Å². The minimum atomic E-state index is 0.916. The van der Waals surface area contributed by atoms with Gasteiger partial charge >= 0.3 is 0 Å². The Balaban J connectivity index is 1.32. The van der Waals surface area contributed by atoms with Crippen LogP contribution in [0.1, 0.15) is 0 Å². The predicted octanol–water partition coefficient (Wildman–Crippen LogP) is 11.5. The minimum Gasteiger partial charge on any atom is -0.456 e. The summed E-state index contributed by atoms with van der Waals surface area (Å²) >= 11 is 0. The lowest BCUT2D eigenvalue weighted by atomic mass is 9.86. The molecule has 0 spiro atoms. The van der Waals surface area contributed by atoms with Gasteiger partial charge in [0.15, 0.2) is 0 Å². The molecule has 0 aliphatic heterocycles. The zero-order valence-corrected chi connectivity index (χ0v) is 22.3. The van der Waals surface area contributed by atoms with E-state index in [9.17, 15) is 0 Å². The lowest BCUT2D eigenvalue weighted by Crippen LogP contribution is -1.89. The molecule has 1 heterocycles. The van der Waals surface area contributed by atoms with Crippen molar-refractivity contribution < 1.29 is 4.42 Å². The molecule has 1 heteroatoms. The van der Waals surface area contributed by atoms with Gasteiger partial charge in [0.25, 0.3) is 0 Å². The molecular weight excluding hydrogens is 496 g/mol. The molecule has 0 saturated heterocycles. The normalized spacial score (nSPS) is 11.9. The van der Waals surface area contributed by atoms with Gasteiger partial charge in [-0.2, -0.15) is 0 Å². The molecule has 41 heavy (non-hydrogen) atoms. The second-order valence-electron chi connectivity index (χ2n) is 10.9. The van der Waals surface area contributed by atoms with Gasteiger partial charge in [-0.25, -0.2) is 0 Å². The number of fused-ring (bicyclic) bond motifs is 3. The topological polar surface area (TPSA) is 13.1 Å². The fraction of sp³-hybridized carbons (Fsp3) is 0. The lowest BCUT2D eigenvalue weighted by molar-refractivity contribution is 0.669. The van der Waals surface area contributed by atoms with Crippen LogP contribution in [0.3, 0.4) is 0 Å². The SMILES string of the molecule is c1ccc(-c2ccc3c(c2)oc2cccc(-c4ccc5ccc6c(-c7ccccc7)ccc7ccc4c5c76)c23)cc1. The van der Waals surface area contributed by atoms with Crippen LogP contribution in [0.4, 0.5) is 0 Å². The zero-order valence-electron chi connectivity index (χ0n) is 22.3. The highest BCUT2D eigenvalue weighted by Gasteiger charge is 2.18. The molecule has 0 radical (unpaired) electrons. The smallest absolute Gasteiger partial charge is 0.136 e. The maximum Gasteiger partial charge on any atom is 0.136 e. The Morgan fingerprint density at radius 3 is 1.66 bits per heavy atom. The maximum atomic E-state index is 6.47. The second kappa shape index (κ2) is 8.55. The van der Waals surface area contributed by atoms with Crippen molar-refractivity contribution in [2.24, 2.45) is 0 Å². The fourth-order valence-corrected chi connectivity index (χ4v) is 6.77. The van der Waals surface area contributed by atoms with Gasteiger partial charge in [0.2, 0.25) is 0 Å². The van der Waals surface area contributed by atoms with Crippen molar-refractivity contribution in [3.05, 3.63) is 146 Å². The van der Waals surface area contributed by atoms with E-state index >= 15 is 0 Å². The molecule has 0 amide bonds. The van der Waals surface area contributed by atoms with Crippen molar-refractivity contribution >= 4 is 54.3 Å². The molecule has 0 saturated carbocycles. The van der Waals surface area contributed by atoms with Gasteiger partial charge in [-0.1, -0.05) is 127 Å². The Morgan fingerprint density at radius 1 is 0.317 bits per heavy atom. The average Bonchev–Trinajstić information content (AvgIpc) is 3.42. The average molecular weight is 521 g/mol. The van der Waals surface area contributed by atoms with Crippen molar-refractivity contribution in [2.75, 3.05) is 0 Å². The number of rotatable bonds is 3. The van der Waals surface area contributed by atoms with Gasteiger partial charge in [0.05, 0.1) is 0 Å². The third-order valence-electron chi connectivity index (χ3n) is 8.64. The zero-order chi connectivity index (χ0) is 26.9. The third kappa shape index (κ3) is 3.30. The third-order valence-corrected chi connectivity index (χ3v) is 8.64. The van der Waals surface area contributed by atoms with Gasteiger partial charge in [0, 0.05) is 10.8 Å². The number of hydrogen-bond donors (Lipinski definition) is 0. The molecule has 0 unspecified atom stereocenters. The molecule has 0 N–H and O–H groups in total. The van der Waals surface area contributed by atoms with E-state index in [2.05, 4.69) is 146 Å². The van der Waals surface area contributed by atoms with Crippen molar-refractivity contribution in [2.45, 2.75) is 0 Å². The first-order valence-corrected chi connectivity index (χ1v) is 14.1. The Bertz CT molecular complexity index is 2400. The van der Waals surface area contributed by atoms with E-state index in [-0.39, 0.29) is 0 Å². The monoisotopic (exact) mass is 520 g/mol. The molecule has 9 aromatic rings. The highest BCUT2D eigenvalue weighted by Crippen LogP contribution is 2.45. The van der Waals surface area contributed by atoms with Crippen LogP contribution in [0.5, 0.6) is 0 Å². The number of furan rings is 1. The fourth-order valence-electron chi connectivity index (χ4n) is 6.77. The van der Waals surface area contributed by atoms with Crippen molar-refractivity contribution in [3.63, 3.8) is 0 Å². The van der Waals surface area contributed by atoms with E-state index in [1.54, 1.807) is 0 Å². The Labute approximate surface area is 237 Å². The molecule has 0 fully saturated rings. The van der Waals surface area contributed by atoms with Crippen LogP contribution in [-0.2, 0) is 0 Å². The quantitative estimate of drug-likeness (QED) is 0.211. The Hall–Kier alpha value is -5.40. The van der Waals surface area contributed by atoms with E-state index in [1.807, 2.05) is 0 Å². The van der Waals surface area contributed by atoms with Crippen LogP contribution in [0.15, 0.2) is 150 Å². The van der Waals surface area contributed by atoms with Gasteiger partial charge in [0.1, 0.15) is 11.2 Å². The number of hydrogen-bond acceptors (Lipinski definition) is 1. The second-order valence-corrected chi connectivity index (χ2v) is 10.9. The first-order chi connectivity index (χ1) is 20.3. The summed E-state index contributed by atoms with van der Waals surface area (Å²) in [6, 6.07) is 52.5. The van der Waals surface area contributed by atoms with E-state index in [0.29, 0.717) is 0 Å². The molecule has 0 aliphatic rings. The summed E-state index contributed by atoms with van der Waals surface area (Å²) in [4.78, 5) is 0. The van der Waals surface area contributed by atoms with Crippen LogP contribution in [-0.4, -0.2) is 0 Å². The standard InChI is InChI=1S/C40H24O/c1-3-8-25(9-4-1)29-18-23-35-37(24-29)41-36-13-7-12-32(40(35)36)31-20-15-28-16-21-33-30(26-10-5-2-6-11-26)19-14-27-17-22-34(31)39(28)38(27)33/h1-24H. The molecule has 0 aliphatic carbocycles. The van der Waals surface area contributed by atoms with Crippen LogP contribution >= 0.6 is 0 Å². The summed E-state index contributed by atoms with van der Waals surface area (Å²) in [5, 5.41) is 10.1. The van der Waals surface area contributed by atoms with E-state index in [4.69, 9.17) is 4.42 Å². The van der Waals surface area contributed by atoms with Gasteiger partial charge in [-0.3, -0.25) is 0 Å². The Morgan fingerprint density at radius 2 is 0.927 bits per heavy atom. The summed E-state index contributed by atoms with van der Waals surface area (Å²) in [6.45, 7) is 0. The molecular formula is C40H24O. The number of benzene rings is 8.